The van der Waals surface area contributed by atoms with Gasteiger partial charge in [-0.15, -0.1) is 0 Å². The van der Waals surface area contributed by atoms with E-state index in [0.717, 1.165) is 42.4 Å². The Balaban J connectivity index is 2.23. The second kappa shape index (κ2) is 5.25. The quantitative estimate of drug-likeness (QED) is 0.837. The molecule has 0 aromatic heterocycles. The van der Waals surface area contributed by atoms with Crippen LogP contribution in [0, 0.1) is 11.3 Å². The molecule has 0 unspecified atom stereocenters. The second-order valence-corrected chi connectivity index (χ2v) is 8.43. The molecule has 0 aliphatic heterocycles. The summed E-state index contributed by atoms with van der Waals surface area (Å²) in [4.78, 5) is 12.4. The van der Waals surface area contributed by atoms with E-state index in [2.05, 4.69) is 33.8 Å². The van der Waals surface area contributed by atoms with Gasteiger partial charge < -0.3 is 10.2 Å². The molecule has 2 atom stereocenters. The van der Waals surface area contributed by atoms with E-state index in [0.29, 0.717) is 6.42 Å². The van der Waals surface area contributed by atoms with E-state index in [1.807, 2.05) is 0 Å². The second-order valence-electron chi connectivity index (χ2n) is 8.43. The van der Waals surface area contributed by atoms with Crippen LogP contribution in [0.15, 0.2) is 12.1 Å². The number of carboxylic acids is 1. The molecule has 0 amide bonds. The van der Waals surface area contributed by atoms with Crippen molar-refractivity contribution >= 4 is 5.97 Å². The molecule has 0 bridgehead atoms. The molecule has 1 aromatic carbocycles. The normalized spacial score (nSPS) is 29.0. The number of aromatic hydroxyl groups is 1. The third kappa shape index (κ3) is 2.28. The van der Waals surface area contributed by atoms with E-state index < -0.39 is 11.4 Å². The van der Waals surface area contributed by atoms with Crippen molar-refractivity contribution in [3.05, 3.63) is 28.8 Å². The lowest BCUT2D eigenvalue weighted by molar-refractivity contribution is -0.152. The van der Waals surface area contributed by atoms with Gasteiger partial charge in [0.15, 0.2) is 0 Å². The minimum atomic E-state index is -0.831. The largest absolute Gasteiger partial charge is 0.508 e. The van der Waals surface area contributed by atoms with Crippen molar-refractivity contribution in [3.8, 4) is 5.75 Å². The molecule has 23 heavy (non-hydrogen) atoms. The zero-order valence-corrected chi connectivity index (χ0v) is 14.6. The number of fused-ring (bicyclic) bond motifs is 3. The Morgan fingerprint density at radius 2 is 1.96 bits per heavy atom. The Labute approximate surface area is 138 Å². The summed E-state index contributed by atoms with van der Waals surface area (Å²) in [5.41, 5.74) is 2.12. The van der Waals surface area contributed by atoms with Gasteiger partial charge in [0.2, 0.25) is 0 Å². The number of carbonyl (C=O) groups is 1. The molecule has 0 spiro atoms. The molecule has 2 aliphatic carbocycles. The number of benzene rings is 1. The number of aryl methyl sites for hydroxylation is 1. The van der Waals surface area contributed by atoms with Gasteiger partial charge in [-0.25, -0.2) is 0 Å². The zero-order chi connectivity index (χ0) is 17.0. The molecule has 0 radical (unpaired) electrons. The van der Waals surface area contributed by atoms with E-state index in [9.17, 15) is 15.0 Å². The van der Waals surface area contributed by atoms with Gasteiger partial charge in [0.25, 0.3) is 0 Å². The summed E-state index contributed by atoms with van der Waals surface area (Å²) in [6, 6.07) is 3.82. The van der Waals surface area contributed by atoms with Crippen LogP contribution in [0.5, 0.6) is 5.75 Å². The van der Waals surface area contributed by atoms with Crippen molar-refractivity contribution in [1.82, 2.24) is 0 Å². The highest BCUT2D eigenvalue weighted by molar-refractivity contribution is 5.84. The van der Waals surface area contributed by atoms with Gasteiger partial charge >= 0.3 is 5.97 Å². The van der Waals surface area contributed by atoms with Crippen molar-refractivity contribution in [2.24, 2.45) is 11.3 Å². The molecule has 1 saturated carbocycles. The van der Waals surface area contributed by atoms with Crippen LogP contribution in [-0.2, 0) is 16.6 Å². The lowest BCUT2D eigenvalue weighted by Crippen LogP contribution is -2.54. The summed E-state index contributed by atoms with van der Waals surface area (Å²) < 4.78 is 0. The fourth-order valence-corrected chi connectivity index (χ4v) is 5.21. The van der Waals surface area contributed by atoms with Crippen molar-refractivity contribution in [2.75, 3.05) is 0 Å². The average Bonchev–Trinajstić information content (AvgIpc) is 2.45. The molecule has 2 N–H and O–H groups in total. The first-order valence-electron chi connectivity index (χ1n) is 8.80. The Kier molecular flexibility index (Phi) is 3.74. The highest BCUT2D eigenvalue weighted by Crippen LogP contribution is 2.58. The lowest BCUT2D eigenvalue weighted by Gasteiger charge is -2.53. The Morgan fingerprint density at radius 1 is 1.26 bits per heavy atom. The van der Waals surface area contributed by atoms with E-state index in [-0.39, 0.29) is 23.0 Å². The van der Waals surface area contributed by atoms with Crippen LogP contribution < -0.4 is 0 Å². The number of hydrogen-bond acceptors (Lipinski definition) is 2. The first-order valence-corrected chi connectivity index (χ1v) is 8.80. The van der Waals surface area contributed by atoms with Gasteiger partial charge in [0.1, 0.15) is 5.75 Å². The zero-order valence-electron chi connectivity index (χ0n) is 14.6. The number of aliphatic carboxylic acids is 1. The van der Waals surface area contributed by atoms with Crippen LogP contribution in [0.25, 0.3) is 0 Å². The molecule has 3 heteroatoms. The molecule has 2 aliphatic rings. The molecule has 3 nitrogen and oxygen atoms in total. The molecule has 1 aromatic rings. The van der Waals surface area contributed by atoms with Gasteiger partial charge in [-0.05, 0) is 65.7 Å². The SMILES string of the molecule is CC(C)c1cc2c(cc1O)[C@@]1(C(=O)O)CCCC(C)(C)[C@@H]1CC2. The molecule has 1 fully saturated rings. The minimum absolute atomic E-state index is 0.0284. The molecular weight excluding hydrogens is 288 g/mol. The third-order valence-electron chi connectivity index (χ3n) is 6.37. The highest BCUT2D eigenvalue weighted by Gasteiger charge is 2.57. The van der Waals surface area contributed by atoms with Crippen molar-refractivity contribution in [3.63, 3.8) is 0 Å². The van der Waals surface area contributed by atoms with Gasteiger partial charge in [-0.3, -0.25) is 4.79 Å². The smallest absolute Gasteiger partial charge is 0.314 e. The summed E-state index contributed by atoms with van der Waals surface area (Å²) >= 11 is 0. The minimum Gasteiger partial charge on any atom is -0.508 e. The topological polar surface area (TPSA) is 57.5 Å². The molecule has 126 valence electrons. The molecule has 0 heterocycles. The van der Waals surface area contributed by atoms with E-state index >= 15 is 0 Å². The molecule has 0 saturated heterocycles. The van der Waals surface area contributed by atoms with Crippen molar-refractivity contribution in [2.45, 2.75) is 71.1 Å². The maximum atomic E-state index is 12.4. The number of phenols is 1. The van der Waals surface area contributed by atoms with Crippen LogP contribution in [0.2, 0.25) is 0 Å². The van der Waals surface area contributed by atoms with E-state index in [4.69, 9.17) is 0 Å². The van der Waals surface area contributed by atoms with Gasteiger partial charge in [0.05, 0.1) is 5.41 Å². The highest BCUT2D eigenvalue weighted by atomic mass is 16.4. The summed E-state index contributed by atoms with van der Waals surface area (Å²) in [5.74, 6) is -0.0871. The van der Waals surface area contributed by atoms with Crippen LogP contribution in [-0.4, -0.2) is 16.2 Å². The lowest BCUT2D eigenvalue weighted by atomic mass is 9.49. The fraction of sp³-hybridized carbons (Fsp3) is 0.650. The summed E-state index contributed by atoms with van der Waals surface area (Å²) in [5, 5.41) is 20.7. The van der Waals surface area contributed by atoms with Crippen LogP contribution in [0.4, 0.5) is 0 Å². The number of hydrogen-bond donors (Lipinski definition) is 2. The van der Waals surface area contributed by atoms with Gasteiger partial charge in [-0.2, -0.15) is 0 Å². The van der Waals surface area contributed by atoms with Gasteiger partial charge in [0, 0.05) is 0 Å². The monoisotopic (exact) mass is 316 g/mol. The fourth-order valence-electron chi connectivity index (χ4n) is 5.21. The Hall–Kier alpha value is -1.51. The Morgan fingerprint density at radius 3 is 2.57 bits per heavy atom. The standard InChI is InChI=1S/C20H28O3/c1-12(2)14-10-13-6-7-17-19(3,4)8-5-9-20(17,18(22)23)15(13)11-16(14)21/h10-12,17,21H,5-9H2,1-4H3,(H,22,23)/t17-,20-/m0/s1. The van der Waals surface area contributed by atoms with Crippen LogP contribution in [0.3, 0.4) is 0 Å². The van der Waals surface area contributed by atoms with Crippen LogP contribution >= 0.6 is 0 Å². The summed E-state index contributed by atoms with van der Waals surface area (Å²) in [6.07, 6.45) is 4.54. The number of carboxylic acid groups (broad SMARTS) is 1. The van der Waals surface area contributed by atoms with Crippen LogP contribution in [0.1, 0.15) is 76.0 Å². The van der Waals surface area contributed by atoms with Crippen molar-refractivity contribution < 1.29 is 15.0 Å². The molecular formula is C20H28O3. The first-order chi connectivity index (χ1) is 10.7. The first kappa shape index (κ1) is 16.4. The maximum absolute atomic E-state index is 12.4. The van der Waals surface area contributed by atoms with Crippen molar-refractivity contribution in [1.29, 1.82) is 0 Å². The maximum Gasteiger partial charge on any atom is 0.314 e. The van der Waals surface area contributed by atoms with E-state index in [1.165, 1.54) is 0 Å². The number of phenolic OH excluding ortho intramolecular Hbond substituents is 1. The predicted molar refractivity (Wildman–Crippen MR) is 91.0 cm³/mol. The summed E-state index contributed by atoms with van der Waals surface area (Å²) in [7, 11) is 0. The molecule has 3 rings (SSSR count). The number of rotatable bonds is 2. The van der Waals surface area contributed by atoms with E-state index in [1.54, 1.807) is 6.07 Å². The average molecular weight is 316 g/mol. The third-order valence-corrected chi connectivity index (χ3v) is 6.37. The van der Waals surface area contributed by atoms with Gasteiger partial charge in [-0.1, -0.05) is 40.2 Å². The predicted octanol–water partition coefficient (Wildman–Crippen LogP) is 4.61. The summed E-state index contributed by atoms with van der Waals surface area (Å²) in [6.45, 7) is 8.54. The Bertz CT molecular complexity index is 645.